The van der Waals surface area contributed by atoms with Crippen molar-refractivity contribution in [1.82, 2.24) is 35.6 Å². The first-order valence-electron chi connectivity index (χ1n) is 20.3. The van der Waals surface area contributed by atoms with Crippen LogP contribution in [0.5, 0.6) is 0 Å². The number of likely N-dealkylation sites (tertiary alicyclic amines) is 1. The lowest BCUT2D eigenvalue weighted by Crippen LogP contribution is -2.61. The molecular formula is C40H55Cl2F4N7O8. The molecule has 61 heavy (non-hydrogen) atoms. The number of hydrogen-bond donors (Lipinski definition) is 4. The largest absolute Gasteiger partial charge is 0.426 e. The zero-order valence-electron chi connectivity index (χ0n) is 35.0. The summed E-state index contributed by atoms with van der Waals surface area (Å²) in [6.45, 7) is 4.62. The van der Waals surface area contributed by atoms with E-state index in [1.165, 1.54) is 30.8 Å². The summed E-state index contributed by atoms with van der Waals surface area (Å²) in [5.41, 5.74) is -3.45. The SMILES string of the molecule is CC(C)C[C@@H]1NC(=O)[C@@H](N(C)C(=O)[C@H](C)NC(=O)[C@@H]2C[C@@H](F)CN2C(=O)[C@@](C)(O)C(F)(F)F)CCCCNC(=O)[C@H]2CCCN2C(=O)[C@H](Cc2cc(Cl)ccc2Cl)N(C)C1=O. The normalized spacial score (nSPS) is 26.4. The van der Waals surface area contributed by atoms with Gasteiger partial charge in [0.2, 0.25) is 41.0 Å². The fraction of sp³-hybridized carbons (Fsp3) is 0.675. The molecule has 0 bridgehead atoms. The lowest BCUT2D eigenvalue weighted by molar-refractivity contribution is -0.250. The van der Waals surface area contributed by atoms with Crippen LogP contribution in [0, 0.1) is 5.92 Å². The molecule has 3 aliphatic heterocycles. The van der Waals surface area contributed by atoms with E-state index >= 15 is 0 Å². The van der Waals surface area contributed by atoms with E-state index in [4.69, 9.17) is 23.2 Å². The number of fused-ring (bicyclic) bond motifs is 1. The van der Waals surface area contributed by atoms with Gasteiger partial charge in [0.15, 0.2) is 0 Å². The summed E-state index contributed by atoms with van der Waals surface area (Å²) in [6.07, 6.45) is -6.39. The molecule has 8 atom stereocenters. The average Bonchev–Trinajstić information content (AvgIpc) is 3.84. The van der Waals surface area contributed by atoms with Crippen LogP contribution >= 0.6 is 23.2 Å². The highest BCUT2D eigenvalue weighted by Crippen LogP contribution is 2.34. The smallest absolute Gasteiger partial charge is 0.373 e. The summed E-state index contributed by atoms with van der Waals surface area (Å²) in [5, 5.41) is 18.5. The van der Waals surface area contributed by atoms with Crippen LogP contribution in [0.1, 0.15) is 78.2 Å². The van der Waals surface area contributed by atoms with Gasteiger partial charge in [0, 0.05) is 50.1 Å². The van der Waals surface area contributed by atoms with E-state index in [9.17, 15) is 56.2 Å². The zero-order chi connectivity index (χ0) is 45.7. The maximum Gasteiger partial charge on any atom is 0.426 e. The first kappa shape index (κ1) is 49.4. The van der Waals surface area contributed by atoms with Crippen molar-refractivity contribution in [2.45, 2.75) is 133 Å². The van der Waals surface area contributed by atoms with Crippen LogP contribution in [0.2, 0.25) is 10.0 Å². The van der Waals surface area contributed by atoms with E-state index in [1.54, 1.807) is 18.2 Å². The molecule has 340 valence electrons. The number of aliphatic hydroxyl groups is 1. The molecule has 0 aromatic heterocycles. The topological polar surface area (TPSA) is 189 Å². The second kappa shape index (κ2) is 20.3. The van der Waals surface area contributed by atoms with Crippen LogP contribution in [0.25, 0.3) is 0 Å². The number of nitrogens with one attached hydrogen (secondary N) is 3. The van der Waals surface area contributed by atoms with Crippen molar-refractivity contribution in [2.75, 3.05) is 33.7 Å². The van der Waals surface area contributed by atoms with Crippen molar-refractivity contribution in [3.05, 3.63) is 33.8 Å². The second-order valence-corrected chi connectivity index (χ2v) is 17.5. The van der Waals surface area contributed by atoms with E-state index in [1.807, 2.05) is 13.8 Å². The summed E-state index contributed by atoms with van der Waals surface area (Å²) >= 11 is 12.8. The number of alkyl halides is 4. The Morgan fingerprint density at radius 1 is 1.02 bits per heavy atom. The van der Waals surface area contributed by atoms with Crippen molar-refractivity contribution in [1.29, 1.82) is 0 Å². The van der Waals surface area contributed by atoms with Crippen LogP contribution in [0.3, 0.4) is 0 Å². The van der Waals surface area contributed by atoms with Gasteiger partial charge in [-0.3, -0.25) is 33.6 Å². The molecule has 0 saturated carbocycles. The first-order valence-corrected chi connectivity index (χ1v) is 21.0. The molecule has 1 aromatic rings. The second-order valence-electron chi connectivity index (χ2n) is 16.6. The standard InChI is InChI=1S/C40H55Cl2F4N7O8/c1-21(2)16-27-36(58)51(6)31(18-23-17-24(41)12-13-26(23)42)37(59)52-15-9-11-29(52)32(54)47-14-8-7-10-28(33(55)49-27)50(5)35(57)22(3)48-34(56)30-19-25(43)20-53(30)38(60)39(4,61)40(44,45)46/h12-13,17,21-22,25,27-31,61H,7-11,14-16,18-20H2,1-6H3,(H,47,54)(H,48,56)(H,49,55)/t22-,25+,27-,28-,29+,30-,31-,39+/m0/s1. The molecule has 4 rings (SSSR count). The fourth-order valence-electron chi connectivity index (χ4n) is 7.93. The van der Waals surface area contributed by atoms with Gasteiger partial charge in [-0.15, -0.1) is 0 Å². The average molecular weight is 909 g/mol. The minimum atomic E-state index is -5.43. The molecule has 0 radical (unpaired) electrons. The lowest BCUT2D eigenvalue weighted by atomic mass is 9.98. The number of carbonyl (C=O) groups is 7. The number of hydrogen-bond acceptors (Lipinski definition) is 8. The predicted octanol–water partition coefficient (Wildman–Crippen LogP) is 2.77. The van der Waals surface area contributed by atoms with Crippen LogP contribution < -0.4 is 16.0 Å². The Kier molecular flexibility index (Phi) is 16.5. The van der Waals surface area contributed by atoms with E-state index < -0.39 is 103 Å². The van der Waals surface area contributed by atoms with Gasteiger partial charge in [-0.2, -0.15) is 13.2 Å². The van der Waals surface area contributed by atoms with Crippen molar-refractivity contribution in [2.24, 2.45) is 5.92 Å². The minimum absolute atomic E-state index is 0.0218. The van der Waals surface area contributed by atoms with Crippen molar-refractivity contribution in [3.8, 4) is 0 Å². The van der Waals surface area contributed by atoms with E-state index in [0.717, 1.165) is 4.90 Å². The maximum atomic E-state index is 14.5. The molecule has 1 aromatic carbocycles. The van der Waals surface area contributed by atoms with E-state index in [2.05, 4.69) is 16.0 Å². The van der Waals surface area contributed by atoms with Crippen molar-refractivity contribution >= 4 is 64.6 Å². The molecule has 15 nitrogen and oxygen atoms in total. The Morgan fingerprint density at radius 2 is 1.69 bits per heavy atom. The molecular weight excluding hydrogens is 853 g/mol. The molecule has 21 heteroatoms. The van der Waals surface area contributed by atoms with Crippen LogP contribution in [-0.4, -0.2) is 154 Å². The summed E-state index contributed by atoms with van der Waals surface area (Å²) in [5.74, 6) is -6.37. The number of halogens is 6. The summed E-state index contributed by atoms with van der Waals surface area (Å²) in [6, 6.07) is -2.98. The monoisotopic (exact) mass is 907 g/mol. The summed E-state index contributed by atoms with van der Waals surface area (Å²) in [4.78, 5) is 101. The molecule has 0 aliphatic carbocycles. The van der Waals surface area contributed by atoms with Gasteiger partial charge >= 0.3 is 6.18 Å². The third-order valence-electron chi connectivity index (χ3n) is 11.5. The number of rotatable bonds is 9. The number of carbonyl (C=O) groups excluding carboxylic acids is 7. The van der Waals surface area contributed by atoms with Crippen molar-refractivity contribution in [3.63, 3.8) is 0 Å². The molecule has 0 unspecified atom stereocenters. The van der Waals surface area contributed by atoms with E-state index in [0.29, 0.717) is 34.9 Å². The molecule has 0 spiro atoms. The van der Waals surface area contributed by atoms with Gasteiger partial charge in [-0.1, -0.05) is 37.0 Å². The predicted molar refractivity (Wildman–Crippen MR) is 216 cm³/mol. The highest BCUT2D eigenvalue weighted by atomic mass is 35.5. The number of likely N-dealkylation sites (N-methyl/N-ethyl adjacent to an activating group) is 2. The molecule has 3 saturated heterocycles. The minimum Gasteiger partial charge on any atom is -0.373 e. The first-order chi connectivity index (χ1) is 28.4. The van der Waals surface area contributed by atoms with Gasteiger partial charge in [-0.05, 0) is 82.1 Å². The quantitative estimate of drug-likeness (QED) is 0.273. The summed E-state index contributed by atoms with van der Waals surface area (Å²) in [7, 11) is 2.70. The Labute approximate surface area is 362 Å². The maximum absolute atomic E-state index is 14.5. The Hall–Kier alpha value is -4.23. The highest BCUT2D eigenvalue weighted by Gasteiger charge is 2.59. The summed E-state index contributed by atoms with van der Waals surface area (Å²) < 4.78 is 54.9. The van der Waals surface area contributed by atoms with E-state index in [-0.39, 0.29) is 62.4 Å². The van der Waals surface area contributed by atoms with Gasteiger partial charge in [-0.25, -0.2) is 4.39 Å². The Balaban J connectivity index is 1.62. The molecule has 3 heterocycles. The Morgan fingerprint density at radius 3 is 2.33 bits per heavy atom. The number of amides is 7. The lowest BCUT2D eigenvalue weighted by Gasteiger charge is -2.36. The molecule has 3 aliphatic rings. The highest BCUT2D eigenvalue weighted by molar-refractivity contribution is 6.33. The molecule has 3 fully saturated rings. The molecule has 4 N–H and O–H groups in total. The third kappa shape index (κ3) is 11.6. The number of benzene rings is 1. The number of nitrogens with zero attached hydrogens (tertiary/aromatic N) is 4. The van der Waals surface area contributed by atoms with Gasteiger partial charge in [0.1, 0.15) is 42.4 Å². The third-order valence-corrected chi connectivity index (χ3v) is 12.1. The van der Waals surface area contributed by atoms with Gasteiger partial charge in [0.25, 0.3) is 5.91 Å². The zero-order valence-corrected chi connectivity index (χ0v) is 36.5. The molecule has 7 amide bonds. The van der Waals surface area contributed by atoms with Crippen LogP contribution in [0.15, 0.2) is 18.2 Å². The van der Waals surface area contributed by atoms with Gasteiger partial charge < -0.3 is 40.7 Å². The van der Waals surface area contributed by atoms with Crippen LogP contribution in [0.4, 0.5) is 17.6 Å². The van der Waals surface area contributed by atoms with Crippen LogP contribution in [-0.2, 0) is 40.0 Å². The van der Waals surface area contributed by atoms with Gasteiger partial charge in [0.05, 0.1) is 6.54 Å². The Bertz CT molecular complexity index is 1840. The fourth-order valence-corrected chi connectivity index (χ4v) is 8.32. The van der Waals surface area contributed by atoms with Crippen molar-refractivity contribution < 1.29 is 56.2 Å².